The molecule has 18 heavy (non-hydrogen) atoms. The summed E-state index contributed by atoms with van der Waals surface area (Å²) in [5.41, 5.74) is 6.04. The molecule has 6 nitrogen and oxygen atoms in total. The summed E-state index contributed by atoms with van der Waals surface area (Å²) in [6.45, 7) is 2.03. The van der Waals surface area contributed by atoms with Crippen LogP contribution in [0.5, 0.6) is 0 Å². The molecule has 3 N–H and O–H groups in total. The van der Waals surface area contributed by atoms with Crippen LogP contribution in [0, 0.1) is 12.8 Å². The summed E-state index contributed by atoms with van der Waals surface area (Å²) in [5.74, 6) is 0.922. The fourth-order valence-electron chi connectivity index (χ4n) is 2.37. The van der Waals surface area contributed by atoms with Crippen molar-refractivity contribution >= 4 is 5.91 Å². The van der Waals surface area contributed by atoms with E-state index in [1.165, 1.54) is 6.42 Å². The van der Waals surface area contributed by atoms with Gasteiger partial charge in [0, 0.05) is 6.04 Å². The highest BCUT2D eigenvalue weighted by atomic mass is 16.5. The Balaban J connectivity index is 1.86. The fraction of sp³-hybridized carbons (Fsp3) is 0.750. The molecule has 0 bridgehead atoms. The molecule has 1 aromatic rings. The van der Waals surface area contributed by atoms with Crippen LogP contribution < -0.4 is 11.1 Å². The van der Waals surface area contributed by atoms with Crippen LogP contribution in [0.3, 0.4) is 0 Å². The van der Waals surface area contributed by atoms with Gasteiger partial charge in [-0.25, -0.2) is 0 Å². The molecular formula is C12H20N4O2. The lowest BCUT2D eigenvalue weighted by Gasteiger charge is -2.19. The van der Waals surface area contributed by atoms with Crippen LogP contribution in [0.4, 0.5) is 0 Å². The third-order valence-corrected chi connectivity index (χ3v) is 3.39. The highest BCUT2D eigenvalue weighted by molar-refractivity contribution is 5.79. The number of aromatic nitrogens is 2. The second-order valence-corrected chi connectivity index (χ2v) is 4.86. The lowest BCUT2D eigenvalue weighted by Crippen LogP contribution is -2.41. The van der Waals surface area contributed by atoms with Crippen LogP contribution in [-0.4, -0.2) is 22.1 Å². The Kier molecular flexibility index (Phi) is 4.30. The van der Waals surface area contributed by atoms with Crippen molar-refractivity contribution in [2.24, 2.45) is 11.7 Å². The van der Waals surface area contributed by atoms with Crippen LogP contribution in [0.25, 0.3) is 0 Å². The zero-order valence-corrected chi connectivity index (χ0v) is 10.7. The first kappa shape index (κ1) is 13.0. The van der Waals surface area contributed by atoms with Crippen LogP contribution in [0.2, 0.25) is 0 Å². The number of amides is 1. The van der Waals surface area contributed by atoms with E-state index >= 15 is 0 Å². The molecule has 1 aliphatic carbocycles. The van der Waals surface area contributed by atoms with Gasteiger partial charge in [-0.1, -0.05) is 24.4 Å². The molecule has 1 amide bonds. The summed E-state index contributed by atoms with van der Waals surface area (Å²) < 4.78 is 4.95. The molecule has 1 heterocycles. The maximum Gasteiger partial charge on any atom is 0.246 e. The molecule has 1 aromatic heterocycles. The second kappa shape index (κ2) is 5.95. The van der Waals surface area contributed by atoms with Crippen molar-refractivity contribution < 1.29 is 9.32 Å². The number of carbonyl (C=O) groups is 1. The Morgan fingerprint density at radius 2 is 2.22 bits per heavy atom. The molecule has 1 saturated carbocycles. The number of hydrogen-bond donors (Lipinski definition) is 2. The van der Waals surface area contributed by atoms with Crippen molar-refractivity contribution in [1.82, 2.24) is 15.5 Å². The first-order chi connectivity index (χ1) is 8.66. The van der Waals surface area contributed by atoms with Crippen molar-refractivity contribution in [3.8, 4) is 0 Å². The van der Waals surface area contributed by atoms with E-state index < -0.39 is 0 Å². The molecule has 0 aliphatic heterocycles. The van der Waals surface area contributed by atoms with E-state index in [1.807, 2.05) is 0 Å². The Bertz CT molecular complexity index is 405. The van der Waals surface area contributed by atoms with Crippen molar-refractivity contribution in [2.45, 2.75) is 51.6 Å². The van der Waals surface area contributed by atoms with Crippen LogP contribution >= 0.6 is 0 Å². The van der Waals surface area contributed by atoms with Gasteiger partial charge in [-0.15, -0.1) is 0 Å². The largest absolute Gasteiger partial charge is 0.347 e. The molecular weight excluding hydrogens is 232 g/mol. The van der Waals surface area contributed by atoms with Gasteiger partial charge in [0.25, 0.3) is 0 Å². The summed E-state index contributed by atoms with van der Waals surface area (Å²) in [4.78, 5) is 16.1. The number of nitrogens with zero attached hydrogens (tertiary/aromatic N) is 2. The Morgan fingerprint density at radius 3 is 2.94 bits per heavy atom. The normalized spacial score (nSPS) is 24.6. The standard InChI is InChI=1S/C12H20N4O2/c1-8-15-11(18-16-8)7-14-12(17)9-5-3-2-4-6-10(9)13/h9-10H,2-7,13H2,1H3,(H,14,17). The maximum absolute atomic E-state index is 12.1. The lowest BCUT2D eigenvalue weighted by atomic mass is 9.94. The summed E-state index contributed by atoms with van der Waals surface area (Å²) in [7, 11) is 0. The molecule has 1 aliphatic rings. The highest BCUT2D eigenvalue weighted by Gasteiger charge is 2.26. The first-order valence-electron chi connectivity index (χ1n) is 6.49. The van der Waals surface area contributed by atoms with Gasteiger partial charge in [0.2, 0.25) is 11.8 Å². The summed E-state index contributed by atoms with van der Waals surface area (Å²) >= 11 is 0. The van der Waals surface area contributed by atoms with Gasteiger partial charge in [0.15, 0.2) is 5.82 Å². The highest BCUT2D eigenvalue weighted by Crippen LogP contribution is 2.22. The zero-order valence-electron chi connectivity index (χ0n) is 10.7. The summed E-state index contributed by atoms with van der Waals surface area (Å²) in [6.07, 6.45) is 5.16. The smallest absolute Gasteiger partial charge is 0.246 e. The molecule has 0 spiro atoms. The zero-order chi connectivity index (χ0) is 13.0. The molecule has 0 radical (unpaired) electrons. The molecule has 0 saturated heterocycles. The SMILES string of the molecule is Cc1noc(CNC(=O)C2CCCCCC2N)n1. The second-order valence-electron chi connectivity index (χ2n) is 4.86. The Labute approximate surface area is 106 Å². The Hall–Kier alpha value is -1.43. The van der Waals surface area contributed by atoms with Crippen LogP contribution in [0.1, 0.15) is 43.8 Å². The molecule has 2 rings (SSSR count). The first-order valence-corrected chi connectivity index (χ1v) is 6.49. The minimum absolute atomic E-state index is 0.000234. The van der Waals surface area contributed by atoms with Gasteiger partial charge in [-0.2, -0.15) is 4.98 Å². The Morgan fingerprint density at radius 1 is 1.44 bits per heavy atom. The molecule has 1 fully saturated rings. The van der Waals surface area contributed by atoms with E-state index in [-0.39, 0.29) is 24.4 Å². The van der Waals surface area contributed by atoms with Crippen molar-refractivity contribution in [1.29, 1.82) is 0 Å². The van der Waals surface area contributed by atoms with Crippen molar-refractivity contribution in [3.63, 3.8) is 0 Å². The van der Waals surface area contributed by atoms with Crippen molar-refractivity contribution in [2.75, 3.05) is 0 Å². The molecule has 2 unspecified atom stereocenters. The third kappa shape index (κ3) is 3.29. The number of carbonyl (C=O) groups excluding carboxylic acids is 1. The average molecular weight is 252 g/mol. The number of hydrogen-bond acceptors (Lipinski definition) is 5. The van der Waals surface area contributed by atoms with Crippen molar-refractivity contribution in [3.05, 3.63) is 11.7 Å². The van der Waals surface area contributed by atoms with Gasteiger partial charge >= 0.3 is 0 Å². The van der Waals surface area contributed by atoms with Gasteiger partial charge in [-0.3, -0.25) is 4.79 Å². The van der Waals surface area contributed by atoms with Gasteiger partial charge in [-0.05, 0) is 19.8 Å². The predicted octanol–water partition coefficient (Wildman–Crippen LogP) is 0.902. The van der Waals surface area contributed by atoms with E-state index in [0.717, 1.165) is 25.7 Å². The monoisotopic (exact) mass is 252 g/mol. The van der Waals surface area contributed by atoms with Crippen LogP contribution in [0.15, 0.2) is 4.52 Å². The fourth-order valence-corrected chi connectivity index (χ4v) is 2.37. The summed E-state index contributed by atoms with van der Waals surface area (Å²) in [6, 6.07) is -0.0306. The topological polar surface area (TPSA) is 94.0 Å². The van der Waals surface area contributed by atoms with E-state index in [4.69, 9.17) is 10.3 Å². The van der Waals surface area contributed by atoms with Gasteiger partial charge < -0.3 is 15.6 Å². The minimum Gasteiger partial charge on any atom is -0.347 e. The van der Waals surface area contributed by atoms with E-state index in [0.29, 0.717) is 11.7 Å². The molecule has 0 aromatic carbocycles. The maximum atomic E-state index is 12.1. The van der Waals surface area contributed by atoms with Crippen LogP contribution in [-0.2, 0) is 11.3 Å². The number of nitrogens with two attached hydrogens (primary N) is 1. The number of rotatable bonds is 3. The third-order valence-electron chi connectivity index (χ3n) is 3.39. The quantitative estimate of drug-likeness (QED) is 0.779. The lowest BCUT2D eigenvalue weighted by molar-refractivity contribution is -0.126. The average Bonchev–Trinajstić information content (AvgIpc) is 2.64. The van der Waals surface area contributed by atoms with Gasteiger partial charge in [0.1, 0.15) is 0 Å². The summed E-state index contributed by atoms with van der Waals surface area (Å²) in [5, 5.41) is 6.50. The molecule has 2 atom stereocenters. The minimum atomic E-state index is -0.0866. The predicted molar refractivity (Wildman–Crippen MR) is 65.4 cm³/mol. The molecule has 100 valence electrons. The van der Waals surface area contributed by atoms with E-state index in [1.54, 1.807) is 6.92 Å². The number of aryl methyl sites for hydroxylation is 1. The van der Waals surface area contributed by atoms with Gasteiger partial charge in [0.05, 0.1) is 12.5 Å². The van der Waals surface area contributed by atoms with E-state index in [9.17, 15) is 4.79 Å². The molecule has 6 heteroatoms. The number of nitrogens with one attached hydrogen (secondary N) is 1. The van der Waals surface area contributed by atoms with E-state index in [2.05, 4.69) is 15.5 Å².